The fraction of sp³-hybridized carbons (Fsp3) is 0.462. The van der Waals surface area contributed by atoms with Crippen molar-refractivity contribution in [3.8, 4) is 0 Å². The van der Waals surface area contributed by atoms with E-state index in [1.54, 1.807) is 13.0 Å². The van der Waals surface area contributed by atoms with Crippen LogP contribution in [0.2, 0.25) is 0 Å². The molecule has 1 aliphatic rings. The number of hydrogen-bond acceptors (Lipinski definition) is 5. The van der Waals surface area contributed by atoms with Gasteiger partial charge in [-0.2, -0.15) is 0 Å². The minimum Gasteiger partial charge on any atom is -0.462 e. The van der Waals surface area contributed by atoms with Crippen molar-refractivity contribution in [1.29, 1.82) is 0 Å². The Hall–Kier alpha value is -1.69. The lowest BCUT2D eigenvalue weighted by Crippen LogP contribution is -2.29. The lowest BCUT2D eigenvalue weighted by atomic mass is 10.2. The highest BCUT2D eigenvalue weighted by Crippen LogP contribution is 2.35. The van der Waals surface area contributed by atoms with Crippen LogP contribution in [0.15, 0.2) is 6.07 Å². The number of esters is 1. The predicted molar refractivity (Wildman–Crippen MR) is 71.4 cm³/mol. The third-order valence-electron chi connectivity index (χ3n) is 2.86. The van der Waals surface area contributed by atoms with Crippen LogP contribution in [0.25, 0.3) is 0 Å². The molecule has 0 bridgehead atoms. The molecule has 0 unspecified atom stereocenters. The summed E-state index contributed by atoms with van der Waals surface area (Å²) >= 11 is 1.30. The molecule has 1 saturated heterocycles. The van der Waals surface area contributed by atoms with E-state index in [2.05, 4.69) is 0 Å². The van der Waals surface area contributed by atoms with E-state index >= 15 is 0 Å². The molecular formula is C13H15NO4S. The topological polar surface area (TPSA) is 63.7 Å². The van der Waals surface area contributed by atoms with Gasteiger partial charge in [0.25, 0.3) is 0 Å². The van der Waals surface area contributed by atoms with E-state index in [9.17, 15) is 14.4 Å². The Bertz CT molecular complexity index is 519. The second kappa shape index (κ2) is 5.52. The van der Waals surface area contributed by atoms with Gasteiger partial charge in [0.15, 0.2) is 0 Å². The number of anilines is 1. The molecule has 2 heterocycles. The Labute approximate surface area is 115 Å². The molecule has 1 aromatic rings. The largest absolute Gasteiger partial charge is 0.462 e. The van der Waals surface area contributed by atoms with Crippen LogP contribution in [0.5, 0.6) is 0 Å². The molecule has 5 nitrogen and oxygen atoms in total. The van der Waals surface area contributed by atoms with Gasteiger partial charge < -0.3 is 4.74 Å². The molecule has 0 N–H and O–H groups in total. The number of carbonyl (C=O) groups is 3. The summed E-state index contributed by atoms with van der Waals surface area (Å²) < 4.78 is 4.97. The molecular weight excluding hydrogens is 266 g/mol. The lowest BCUT2D eigenvalue weighted by Gasteiger charge is -2.13. The highest BCUT2D eigenvalue weighted by atomic mass is 32.1. The van der Waals surface area contributed by atoms with E-state index in [-0.39, 0.29) is 31.3 Å². The quantitative estimate of drug-likeness (QED) is 0.626. The number of thiophene rings is 1. The standard InChI is InChI=1S/C13H15NO4S/c1-3-8-7-9(13(17)18-4-2)12(19-8)14-10(15)5-6-11(14)16/h7H,3-6H2,1-2H3. The maximum Gasteiger partial charge on any atom is 0.341 e. The van der Waals surface area contributed by atoms with E-state index in [1.165, 1.54) is 11.3 Å². The van der Waals surface area contributed by atoms with Crippen molar-refractivity contribution in [2.45, 2.75) is 33.1 Å². The zero-order valence-corrected chi connectivity index (χ0v) is 11.7. The predicted octanol–water partition coefficient (Wildman–Crippen LogP) is 2.14. The van der Waals surface area contributed by atoms with Crippen molar-refractivity contribution in [3.63, 3.8) is 0 Å². The third-order valence-corrected chi connectivity index (χ3v) is 4.13. The Balaban J connectivity index is 2.43. The first-order valence-electron chi connectivity index (χ1n) is 6.24. The SMILES string of the molecule is CCOC(=O)c1cc(CC)sc1N1C(=O)CCC1=O. The van der Waals surface area contributed by atoms with Gasteiger partial charge in [-0.1, -0.05) is 6.92 Å². The smallest absolute Gasteiger partial charge is 0.341 e. The summed E-state index contributed by atoms with van der Waals surface area (Å²) in [6.45, 7) is 3.94. The van der Waals surface area contributed by atoms with Crippen molar-refractivity contribution in [2.24, 2.45) is 0 Å². The first-order valence-corrected chi connectivity index (χ1v) is 7.05. The molecule has 0 atom stereocenters. The Morgan fingerprint density at radius 2 is 1.95 bits per heavy atom. The lowest BCUT2D eigenvalue weighted by molar-refractivity contribution is -0.121. The van der Waals surface area contributed by atoms with Gasteiger partial charge in [-0.05, 0) is 19.4 Å². The number of carbonyl (C=O) groups excluding carboxylic acids is 3. The number of aryl methyl sites for hydroxylation is 1. The van der Waals surface area contributed by atoms with Crippen LogP contribution in [0.4, 0.5) is 5.00 Å². The van der Waals surface area contributed by atoms with Gasteiger partial charge in [0, 0.05) is 17.7 Å². The normalized spacial score (nSPS) is 15.2. The molecule has 102 valence electrons. The summed E-state index contributed by atoms with van der Waals surface area (Å²) in [5.41, 5.74) is 0.312. The minimum atomic E-state index is -0.485. The monoisotopic (exact) mass is 281 g/mol. The summed E-state index contributed by atoms with van der Waals surface area (Å²) in [6.07, 6.45) is 1.16. The molecule has 1 aliphatic heterocycles. The average molecular weight is 281 g/mol. The van der Waals surface area contributed by atoms with Crippen LogP contribution < -0.4 is 4.90 Å². The second-order valence-corrected chi connectivity index (χ2v) is 5.24. The molecule has 6 heteroatoms. The second-order valence-electron chi connectivity index (χ2n) is 4.13. The fourth-order valence-corrected chi connectivity index (χ4v) is 3.05. The third kappa shape index (κ3) is 2.53. The molecule has 0 saturated carbocycles. The molecule has 19 heavy (non-hydrogen) atoms. The first kappa shape index (κ1) is 13.7. The maximum atomic E-state index is 11.9. The summed E-state index contributed by atoms with van der Waals surface area (Å²) in [6, 6.07) is 1.71. The molecule has 1 fully saturated rings. The van der Waals surface area contributed by atoms with Gasteiger partial charge in [-0.15, -0.1) is 11.3 Å². The number of nitrogens with zero attached hydrogens (tertiary/aromatic N) is 1. The minimum absolute atomic E-state index is 0.209. The zero-order chi connectivity index (χ0) is 14.0. The number of amides is 2. The molecule has 0 spiro atoms. The van der Waals surface area contributed by atoms with E-state index in [4.69, 9.17) is 4.74 Å². The van der Waals surface area contributed by atoms with Crippen LogP contribution in [0.1, 0.15) is 41.9 Å². The van der Waals surface area contributed by atoms with Gasteiger partial charge in [-0.3, -0.25) is 9.59 Å². The van der Waals surface area contributed by atoms with Crippen LogP contribution in [-0.2, 0) is 20.7 Å². The van der Waals surface area contributed by atoms with Gasteiger partial charge in [0.1, 0.15) is 5.00 Å². The molecule has 0 aromatic carbocycles. The van der Waals surface area contributed by atoms with Gasteiger partial charge in [0.2, 0.25) is 11.8 Å². The Morgan fingerprint density at radius 1 is 1.32 bits per heavy atom. The van der Waals surface area contributed by atoms with Crippen LogP contribution in [0.3, 0.4) is 0 Å². The molecule has 2 amide bonds. The average Bonchev–Trinajstić information content (AvgIpc) is 2.93. The zero-order valence-electron chi connectivity index (χ0n) is 10.9. The number of hydrogen-bond donors (Lipinski definition) is 0. The van der Waals surface area contributed by atoms with Crippen LogP contribution in [0, 0.1) is 0 Å². The van der Waals surface area contributed by atoms with Crippen molar-refractivity contribution in [2.75, 3.05) is 11.5 Å². The van der Waals surface area contributed by atoms with Gasteiger partial charge >= 0.3 is 5.97 Å². The highest BCUT2D eigenvalue weighted by molar-refractivity contribution is 7.17. The molecule has 0 aliphatic carbocycles. The van der Waals surface area contributed by atoms with Crippen LogP contribution >= 0.6 is 11.3 Å². The number of ether oxygens (including phenoxy) is 1. The van der Waals surface area contributed by atoms with Gasteiger partial charge in [-0.25, -0.2) is 9.69 Å². The van der Waals surface area contributed by atoms with E-state index in [1.807, 2.05) is 6.92 Å². The van der Waals surface area contributed by atoms with Crippen LogP contribution in [-0.4, -0.2) is 24.4 Å². The van der Waals surface area contributed by atoms with E-state index in [0.717, 1.165) is 16.2 Å². The molecule has 0 radical (unpaired) electrons. The maximum absolute atomic E-state index is 11.9. The summed E-state index contributed by atoms with van der Waals surface area (Å²) in [4.78, 5) is 37.5. The van der Waals surface area contributed by atoms with E-state index < -0.39 is 5.97 Å². The highest BCUT2D eigenvalue weighted by Gasteiger charge is 2.34. The number of rotatable bonds is 4. The van der Waals surface area contributed by atoms with Crippen molar-refractivity contribution in [3.05, 3.63) is 16.5 Å². The molecule has 1 aromatic heterocycles. The fourth-order valence-electron chi connectivity index (χ4n) is 1.93. The Morgan fingerprint density at radius 3 is 2.47 bits per heavy atom. The summed E-state index contributed by atoms with van der Waals surface area (Å²) in [5.74, 6) is -0.985. The first-order chi connectivity index (χ1) is 9.08. The Kier molecular flexibility index (Phi) is 3.99. The van der Waals surface area contributed by atoms with Crippen molar-refractivity contribution in [1.82, 2.24) is 0 Å². The van der Waals surface area contributed by atoms with E-state index in [0.29, 0.717) is 10.6 Å². The summed E-state index contributed by atoms with van der Waals surface area (Å²) in [5, 5.41) is 0.405. The van der Waals surface area contributed by atoms with Crippen molar-refractivity contribution < 1.29 is 19.1 Å². The molecule has 2 rings (SSSR count). The van der Waals surface area contributed by atoms with Crippen molar-refractivity contribution >= 4 is 34.1 Å². The van der Waals surface area contributed by atoms with Gasteiger partial charge in [0.05, 0.1) is 12.2 Å². The summed E-state index contributed by atoms with van der Waals surface area (Å²) in [7, 11) is 0. The number of imide groups is 1.